The fourth-order valence-corrected chi connectivity index (χ4v) is 3.27. The fourth-order valence-electron chi connectivity index (χ4n) is 2.99. The summed E-state index contributed by atoms with van der Waals surface area (Å²) in [5.41, 5.74) is 2.59. The van der Waals surface area contributed by atoms with E-state index >= 15 is 0 Å². The van der Waals surface area contributed by atoms with Crippen LogP contribution in [0.2, 0.25) is 5.02 Å². The minimum absolute atomic E-state index is 0.0866. The standard InChI is InChI=1S/C21H17ClN4O3/c1-13-7-8-16(15(22)11-13)24-17(27)9-10-26-12-23-20-18(21(26)28)19(25-29-20)14-5-3-2-4-6-14/h2-8,11-12H,9-10H2,1H3,(H,24,27). The Bertz CT molecular complexity index is 1250. The molecule has 0 spiro atoms. The van der Waals surface area contributed by atoms with Crippen LogP contribution in [0, 0.1) is 6.92 Å². The summed E-state index contributed by atoms with van der Waals surface area (Å²) in [7, 11) is 0. The van der Waals surface area contributed by atoms with E-state index in [4.69, 9.17) is 16.1 Å². The van der Waals surface area contributed by atoms with Gasteiger partial charge < -0.3 is 9.84 Å². The highest BCUT2D eigenvalue weighted by Crippen LogP contribution is 2.24. The van der Waals surface area contributed by atoms with Crippen molar-refractivity contribution in [1.29, 1.82) is 0 Å². The average Bonchev–Trinajstić information content (AvgIpc) is 3.15. The maximum absolute atomic E-state index is 12.9. The molecule has 1 N–H and O–H groups in total. The quantitative estimate of drug-likeness (QED) is 0.538. The maximum Gasteiger partial charge on any atom is 0.266 e. The van der Waals surface area contributed by atoms with Gasteiger partial charge in [-0.25, -0.2) is 4.98 Å². The molecule has 2 heterocycles. The second-order valence-electron chi connectivity index (χ2n) is 6.60. The second kappa shape index (κ2) is 7.89. The lowest BCUT2D eigenvalue weighted by atomic mass is 10.1. The van der Waals surface area contributed by atoms with E-state index in [-0.39, 0.29) is 30.1 Å². The Kier molecular flexibility index (Phi) is 5.14. The van der Waals surface area contributed by atoms with E-state index in [1.807, 2.05) is 43.3 Å². The Hall–Kier alpha value is -3.45. The van der Waals surface area contributed by atoms with E-state index in [0.29, 0.717) is 21.8 Å². The summed E-state index contributed by atoms with van der Waals surface area (Å²) in [6.07, 6.45) is 1.44. The molecule has 2 aromatic carbocycles. The molecule has 0 aliphatic heterocycles. The monoisotopic (exact) mass is 408 g/mol. The maximum atomic E-state index is 12.9. The Morgan fingerprint density at radius 1 is 1.21 bits per heavy atom. The van der Waals surface area contributed by atoms with Crippen LogP contribution < -0.4 is 10.9 Å². The summed E-state index contributed by atoms with van der Waals surface area (Å²) in [6.45, 7) is 2.08. The molecular weight excluding hydrogens is 392 g/mol. The van der Waals surface area contributed by atoms with Crippen LogP contribution in [0.15, 0.2) is 64.2 Å². The van der Waals surface area contributed by atoms with E-state index in [1.165, 1.54) is 10.9 Å². The van der Waals surface area contributed by atoms with Gasteiger partial charge in [0.05, 0.1) is 10.7 Å². The number of benzene rings is 2. The third-order valence-electron chi connectivity index (χ3n) is 4.49. The molecule has 0 radical (unpaired) electrons. The van der Waals surface area contributed by atoms with E-state index < -0.39 is 0 Å². The number of aryl methyl sites for hydroxylation is 2. The normalized spacial score (nSPS) is 11.0. The summed E-state index contributed by atoms with van der Waals surface area (Å²) in [5, 5.41) is 7.51. The van der Waals surface area contributed by atoms with Gasteiger partial charge in [0.2, 0.25) is 5.91 Å². The molecule has 4 aromatic rings. The lowest BCUT2D eigenvalue weighted by Gasteiger charge is -2.09. The molecule has 0 bridgehead atoms. The van der Waals surface area contributed by atoms with Crippen LogP contribution in [0.3, 0.4) is 0 Å². The van der Waals surface area contributed by atoms with Crippen molar-refractivity contribution >= 4 is 34.3 Å². The zero-order valence-electron chi connectivity index (χ0n) is 15.6. The van der Waals surface area contributed by atoms with Crippen LogP contribution >= 0.6 is 11.6 Å². The van der Waals surface area contributed by atoms with Crippen molar-refractivity contribution in [2.24, 2.45) is 0 Å². The van der Waals surface area contributed by atoms with Crippen molar-refractivity contribution in [2.75, 3.05) is 5.32 Å². The molecule has 0 aliphatic rings. The Morgan fingerprint density at radius 2 is 2.00 bits per heavy atom. The number of halogens is 1. The number of rotatable bonds is 5. The first kappa shape index (κ1) is 18.9. The summed E-state index contributed by atoms with van der Waals surface area (Å²) in [5.74, 6) is -0.253. The zero-order chi connectivity index (χ0) is 20.4. The first-order valence-corrected chi connectivity index (χ1v) is 9.37. The molecule has 0 unspecified atom stereocenters. The molecule has 7 nitrogen and oxygen atoms in total. The molecular formula is C21H17ClN4O3. The van der Waals surface area contributed by atoms with Gasteiger partial charge in [-0.15, -0.1) is 0 Å². The molecule has 1 amide bonds. The molecule has 2 aromatic heterocycles. The molecule has 4 rings (SSSR count). The zero-order valence-corrected chi connectivity index (χ0v) is 16.3. The van der Waals surface area contributed by atoms with Gasteiger partial charge in [0.25, 0.3) is 11.3 Å². The number of nitrogens with zero attached hydrogens (tertiary/aromatic N) is 3. The van der Waals surface area contributed by atoms with E-state index in [0.717, 1.165) is 11.1 Å². The van der Waals surface area contributed by atoms with Crippen LogP contribution in [-0.4, -0.2) is 20.6 Å². The molecule has 0 aliphatic carbocycles. The predicted molar refractivity (Wildman–Crippen MR) is 111 cm³/mol. The van der Waals surface area contributed by atoms with Gasteiger partial charge in [-0.1, -0.05) is 53.2 Å². The summed E-state index contributed by atoms with van der Waals surface area (Å²) in [4.78, 5) is 29.4. The lowest BCUT2D eigenvalue weighted by Crippen LogP contribution is -2.23. The van der Waals surface area contributed by atoms with Crippen LogP contribution in [0.5, 0.6) is 0 Å². The van der Waals surface area contributed by atoms with Crippen molar-refractivity contribution in [1.82, 2.24) is 14.7 Å². The minimum Gasteiger partial charge on any atom is -0.335 e. The summed E-state index contributed by atoms with van der Waals surface area (Å²) < 4.78 is 6.58. The number of carbonyl (C=O) groups excluding carboxylic acids is 1. The number of nitrogens with one attached hydrogen (secondary N) is 1. The summed E-state index contributed by atoms with van der Waals surface area (Å²) >= 11 is 6.15. The van der Waals surface area contributed by atoms with Gasteiger partial charge in [0, 0.05) is 18.5 Å². The van der Waals surface area contributed by atoms with Crippen molar-refractivity contribution in [3.8, 4) is 11.3 Å². The highest BCUT2D eigenvalue weighted by molar-refractivity contribution is 6.33. The molecule has 0 atom stereocenters. The number of carbonyl (C=O) groups is 1. The lowest BCUT2D eigenvalue weighted by molar-refractivity contribution is -0.116. The first-order valence-electron chi connectivity index (χ1n) is 8.99. The van der Waals surface area contributed by atoms with E-state index in [2.05, 4.69) is 15.5 Å². The largest absolute Gasteiger partial charge is 0.335 e. The topological polar surface area (TPSA) is 90.0 Å². The highest BCUT2D eigenvalue weighted by atomic mass is 35.5. The SMILES string of the molecule is Cc1ccc(NC(=O)CCn2cnc3onc(-c4ccccc4)c3c2=O)c(Cl)c1. The molecule has 146 valence electrons. The third-order valence-corrected chi connectivity index (χ3v) is 4.80. The summed E-state index contributed by atoms with van der Waals surface area (Å²) in [6, 6.07) is 14.6. The number of anilines is 1. The average molecular weight is 409 g/mol. The van der Waals surface area contributed by atoms with Crippen LogP contribution in [0.4, 0.5) is 5.69 Å². The van der Waals surface area contributed by atoms with Crippen LogP contribution in [-0.2, 0) is 11.3 Å². The van der Waals surface area contributed by atoms with E-state index in [9.17, 15) is 9.59 Å². The molecule has 0 saturated carbocycles. The minimum atomic E-state index is -0.309. The van der Waals surface area contributed by atoms with Crippen molar-refractivity contribution < 1.29 is 9.32 Å². The number of aromatic nitrogens is 3. The Morgan fingerprint density at radius 3 is 2.76 bits per heavy atom. The van der Waals surface area contributed by atoms with Crippen molar-refractivity contribution in [2.45, 2.75) is 19.9 Å². The number of fused-ring (bicyclic) bond motifs is 1. The van der Waals surface area contributed by atoms with E-state index in [1.54, 1.807) is 12.1 Å². The van der Waals surface area contributed by atoms with Crippen LogP contribution in [0.25, 0.3) is 22.4 Å². The van der Waals surface area contributed by atoms with Gasteiger partial charge >= 0.3 is 0 Å². The number of amides is 1. The third kappa shape index (κ3) is 3.90. The van der Waals surface area contributed by atoms with Gasteiger partial charge in [-0.2, -0.15) is 0 Å². The molecule has 0 fully saturated rings. The predicted octanol–water partition coefficient (Wildman–Crippen LogP) is 4.04. The molecule has 29 heavy (non-hydrogen) atoms. The second-order valence-corrected chi connectivity index (χ2v) is 7.01. The highest BCUT2D eigenvalue weighted by Gasteiger charge is 2.17. The Balaban J connectivity index is 1.55. The van der Waals surface area contributed by atoms with Crippen molar-refractivity contribution in [3.63, 3.8) is 0 Å². The van der Waals surface area contributed by atoms with Gasteiger partial charge in [0.1, 0.15) is 17.4 Å². The fraction of sp³-hybridized carbons (Fsp3) is 0.143. The number of hydrogen-bond donors (Lipinski definition) is 1. The Labute approximate surface area is 170 Å². The van der Waals surface area contributed by atoms with Crippen LogP contribution in [0.1, 0.15) is 12.0 Å². The van der Waals surface area contributed by atoms with Gasteiger partial charge in [0.15, 0.2) is 0 Å². The molecule has 8 heteroatoms. The number of hydrogen-bond acceptors (Lipinski definition) is 5. The van der Waals surface area contributed by atoms with Gasteiger partial charge in [-0.3, -0.25) is 14.2 Å². The smallest absolute Gasteiger partial charge is 0.266 e. The van der Waals surface area contributed by atoms with Gasteiger partial charge in [-0.05, 0) is 24.6 Å². The first-order chi connectivity index (χ1) is 14.0. The molecule has 0 saturated heterocycles. The van der Waals surface area contributed by atoms with Crippen molar-refractivity contribution in [3.05, 3.63) is 75.8 Å².